The van der Waals surface area contributed by atoms with E-state index >= 15 is 0 Å². The fourth-order valence-corrected chi connectivity index (χ4v) is 2.24. The highest BCUT2D eigenvalue weighted by molar-refractivity contribution is 7.80. The van der Waals surface area contributed by atoms with Crippen molar-refractivity contribution in [2.45, 2.75) is 33.6 Å². The summed E-state index contributed by atoms with van der Waals surface area (Å²) in [6, 6.07) is 18.9. The number of benzene rings is 2. The molecular weight excluding hydrogens is 364 g/mol. The lowest BCUT2D eigenvalue weighted by Crippen LogP contribution is -2.16. The average molecular weight is 391 g/mol. The second-order valence-corrected chi connectivity index (χ2v) is 6.47. The van der Waals surface area contributed by atoms with Crippen molar-refractivity contribution in [1.82, 2.24) is 0 Å². The first-order chi connectivity index (χ1) is 12.5. The number of rotatable bonds is 6. The Bertz CT molecular complexity index is 641. The third-order valence-corrected chi connectivity index (χ3v) is 3.83. The van der Waals surface area contributed by atoms with Gasteiger partial charge in [-0.1, -0.05) is 63.1 Å². The van der Waals surface area contributed by atoms with E-state index < -0.39 is 0 Å². The van der Waals surface area contributed by atoms with E-state index in [0.717, 1.165) is 24.3 Å². The molecule has 0 bridgehead atoms. The molecule has 0 heterocycles. The maximum atomic E-state index is 5.40. The Hall–Kier alpha value is -1.98. The zero-order chi connectivity index (χ0) is 19.2. The number of hydrogen-bond donors (Lipinski definition) is 0. The van der Waals surface area contributed by atoms with Gasteiger partial charge >= 0.3 is 5.24 Å². The highest BCUT2D eigenvalue weighted by Crippen LogP contribution is 2.12. The Labute approximate surface area is 167 Å². The van der Waals surface area contributed by atoms with Crippen molar-refractivity contribution < 1.29 is 14.2 Å². The number of ether oxygens (including phenoxy) is 3. The summed E-state index contributed by atoms with van der Waals surface area (Å²) in [5, 5.41) is 0.754. The average Bonchev–Trinajstić information content (AvgIpc) is 2.64. The molecule has 140 valence electrons. The highest BCUT2D eigenvalue weighted by Gasteiger charge is 2.07. The van der Waals surface area contributed by atoms with Gasteiger partial charge in [0.25, 0.3) is 0 Å². The number of hydrogen-bond acceptors (Lipinski definition) is 5. The standard InChI is InChI=1S/C13H18O2S.C8H8OS/c1-3-11(4-2)10-14-13(16)15-12-8-6-5-7-9-12;1-7(10)9-8-5-3-2-4-6-8/h5-9,11H,3-4,10H2,1-2H3;2-6H,1H3. The van der Waals surface area contributed by atoms with Crippen LogP contribution in [0.4, 0.5) is 0 Å². The lowest BCUT2D eigenvalue weighted by molar-refractivity contribution is 0.194. The van der Waals surface area contributed by atoms with Crippen LogP contribution in [0.2, 0.25) is 0 Å². The fraction of sp³-hybridized carbons (Fsp3) is 0.333. The molecule has 0 atom stereocenters. The quantitative estimate of drug-likeness (QED) is 0.546. The van der Waals surface area contributed by atoms with Crippen LogP contribution in [0.3, 0.4) is 0 Å². The minimum Gasteiger partial charge on any atom is -0.456 e. The Balaban J connectivity index is 0.000000289. The lowest BCUT2D eigenvalue weighted by atomic mass is 10.1. The normalized spacial score (nSPS) is 9.69. The zero-order valence-corrected chi connectivity index (χ0v) is 17.1. The first-order valence-corrected chi connectivity index (χ1v) is 9.49. The van der Waals surface area contributed by atoms with E-state index in [1.54, 1.807) is 6.92 Å². The Kier molecular flexibility index (Phi) is 11.2. The zero-order valence-electron chi connectivity index (χ0n) is 15.5. The van der Waals surface area contributed by atoms with Crippen molar-refractivity contribution in [3.63, 3.8) is 0 Å². The molecule has 0 fully saturated rings. The van der Waals surface area contributed by atoms with Gasteiger partial charge in [0.15, 0.2) is 5.05 Å². The van der Waals surface area contributed by atoms with E-state index in [4.69, 9.17) is 38.6 Å². The van der Waals surface area contributed by atoms with Gasteiger partial charge in [0, 0.05) is 19.1 Å². The molecule has 2 aromatic carbocycles. The molecule has 0 amide bonds. The fourth-order valence-electron chi connectivity index (χ4n) is 1.98. The summed E-state index contributed by atoms with van der Waals surface area (Å²) in [6.07, 6.45) is 2.20. The number of thiocarbonyl (C=S) groups is 2. The Morgan fingerprint density at radius 3 is 1.69 bits per heavy atom. The molecule has 0 aliphatic rings. The summed E-state index contributed by atoms with van der Waals surface area (Å²) in [5.41, 5.74) is 0. The summed E-state index contributed by atoms with van der Waals surface area (Å²) in [4.78, 5) is 0. The van der Waals surface area contributed by atoms with Crippen LogP contribution in [0.5, 0.6) is 11.5 Å². The molecule has 0 saturated carbocycles. The molecule has 5 heteroatoms. The molecule has 0 saturated heterocycles. The molecule has 0 spiro atoms. The molecule has 2 aromatic rings. The van der Waals surface area contributed by atoms with Gasteiger partial charge in [-0.25, -0.2) is 0 Å². The molecule has 3 nitrogen and oxygen atoms in total. The molecule has 2 rings (SSSR count). The van der Waals surface area contributed by atoms with Gasteiger partial charge in [-0.15, -0.1) is 0 Å². The minimum atomic E-state index is 0.207. The van der Waals surface area contributed by atoms with Gasteiger partial charge in [0.2, 0.25) is 0 Å². The van der Waals surface area contributed by atoms with Gasteiger partial charge < -0.3 is 14.2 Å². The van der Waals surface area contributed by atoms with Crippen molar-refractivity contribution in [2.24, 2.45) is 5.92 Å². The summed E-state index contributed by atoms with van der Waals surface area (Å²) in [6.45, 7) is 6.69. The maximum Gasteiger partial charge on any atom is 0.357 e. The smallest absolute Gasteiger partial charge is 0.357 e. The number of para-hydroxylation sites is 2. The second-order valence-electron chi connectivity index (χ2n) is 5.57. The van der Waals surface area contributed by atoms with Crippen LogP contribution < -0.4 is 9.47 Å². The van der Waals surface area contributed by atoms with E-state index in [1.807, 2.05) is 60.7 Å². The van der Waals surface area contributed by atoms with Gasteiger partial charge in [-0.2, -0.15) is 0 Å². The van der Waals surface area contributed by atoms with E-state index in [2.05, 4.69) is 13.8 Å². The molecule has 0 N–H and O–H groups in total. The van der Waals surface area contributed by atoms with Crippen molar-refractivity contribution in [2.75, 3.05) is 6.61 Å². The third-order valence-electron chi connectivity index (χ3n) is 3.54. The first-order valence-electron chi connectivity index (χ1n) is 8.68. The van der Waals surface area contributed by atoms with Crippen LogP contribution in [0.15, 0.2) is 60.7 Å². The maximum absolute atomic E-state index is 5.40. The van der Waals surface area contributed by atoms with Crippen molar-refractivity contribution in [3.8, 4) is 11.5 Å². The molecule has 26 heavy (non-hydrogen) atoms. The summed E-state index contributed by atoms with van der Waals surface area (Å²) >= 11 is 9.76. The van der Waals surface area contributed by atoms with Gasteiger partial charge in [0.05, 0.1) is 6.61 Å². The van der Waals surface area contributed by atoms with Gasteiger partial charge in [-0.3, -0.25) is 0 Å². The van der Waals surface area contributed by atoms with Crippen molar-refractivity contribution in [3.05, 3.63) is 60.7 Å². The van der Waals surface area contributed by atoms with Crippen LogP contribution in [0.25, 0.3) is 0 Å². The largest absolute Gasteiger partial charge is 0.456 e. The van der Waals surface area contributed by atoms with Crippen LogP contribution in [-0.2, 0) is 4.74 Å². The molecule has 0 aliphatic heterocycles. The van der Waals surface area contributed by atoms with Crippen LogP contribution in [0, 0.1) is 5.92 Å². The lowest BCUT2D eigenvalue weighted by Gasteiger charge is -2.14. The molecule has 0 unspecified atom stereocenters. The third kappa shape index (κ3) is 10.1. The van der Waals surface area contributed by atoms with Crippen LogP contribution in [-0.4, -0.2) is 16.9 Å². The molecule has 0 radical (unpaired) electrons. The van der Waals surface area contributed by atoms with E-state index in [1.165, 1.54) is 0 Å². The highest BCUT2D eigenvalue weighted by atomic mass is 32.1. The summed E-state index contributed by atoms with van der Waals surface area (Å²) < 4.78 is 15.9. The van der Waals surface area contributed by atoms with E-state index in [0.29, 0.717) is 17.6 Å². The predicted molar refractivity (Wildman–Crippen MR) is 115 cm³/mol. The predicted octanol–water partition coefficient (Wildman–Crippen LogP) is 6.22. The van der Waals surface area contributed by atoms with Crippen LogP contribution in [0.1, 0.15) is 33.6 Å². The monoisotopic (exact) mass is 390 g/mol. The molecule has 0 aromatic heterocycles. The van der Waals surface area contributed by atoms with Crippen molar-refractivity contribution >= 4 is 34.7 Å². The Morgan fingerprint density at radius 2 is 1.27 bits per heavy atom. The second kappa shape index (κ2) is 13.3. The summed E-state index contributed by atoms with van der Waals surface area (Å²) in [7, 11) is 0. The molecular formula is C21H26O3S2. The topological polar surface area (TPSA) is 27.7 Å². The van der Waals surface area contributed by atoms with Gasteiger partial charge in [-0.05, 0) is 42.4 Å². The summed E-state index contributed by atoms with van der Waals surface area (Å²) in [5.74, 6) is 2.07. The first kappa shape index (κ1) is 22.1. The van der Waals surface area contributed by atoms with Crippen molar-refractivity contribution in [1.29, 1.82) is 0 Å². The van der Waals surface area contributed by atoms with Gasteiger partial charge in [0.1, 0.15) is 11.5 Å². The SMILES string of the molecule is CC(=S)Oc1ccccc1.CCC(CC)COC(=S)Oc1ccccc1. The minimum absolute atomic E-state index is 0.207. The van der Waals surface area contributed by atoms with Crippen LogP contribution >= 0.6 is 24.4 Å². The Morgan fingerprint density at radius 1 is 0.808 bits per heavy atom. The molecule has 0 aliphatic carbocycles. The van der Waals surface area contributed by atoms with E-state index in [9.17, 15) is 0 Å². The van der Waals surface area contributed by atoms with E-state index in [-0.39, 0.29) is 5.24 Å².